The van der Waals surface area contributed by atoms with E-state index in [1.54, 1.807) is 6.26 Å². The number of non-ortho nitro benzene ring substituents is 1. The van der Waals surface area contributed by atoms with E-state index in [4.69, 9.17) is 4.42 Å². The summed E-state index contributed by atoms with van der Waals surface area (Å²) in [5.41, 5.74) is 0.897. The number of hydrogen-bond acceptors (Lipinski definition) is 4. The Morgan fingerprint density at radius 1 is 1.44 bits per heavy atom. The number of anilines is 1. The fourth-order valence-corrected chi connectivity index (χ4v) is 1.52. The van der Waals surface area contributed by atoms with E-state index in [2.05, 4.69) is 5.32 Å². The molecule has 0 atom stereocenters. The topological polar surface area (TPSA) is 68.3 Å². The second kappa shape index (κ2) is 4.87. The van der Waals surface area contributed by atoms with Crippen molar-refractivity contribution in [2.45, 2.75) is 13.5 Å². The number of hydrogen-bond donors (Lipinski definition) is 1. The summed E-state index contributed by atoms with van der Waals surface area (Å²) >= 11 is 0. The molecule has 5 nitrogen and oxygen atoms in total. The third kappa shape index (κ3) is 2.48. The Kier molecular flexibility index (Phi) is 3.27. The highest BCUT2D eigenvalue weighted by Gasteiger charge is 2.11. The van der Waals surface area contributed by atoms with Crippen LogP contribution in [-0.4, -0.2) is 4.92 Å². The molecular weight excluding hydrogens is 239 g/mol. The van der Waals surface area contributed by atoms with Gasteiger partial charge in [-0.1, -0.05) is 0 Å². The number of nitrogens with one attached hydrogen (secondary N) is 1. The van der Waals surface area contributed by atoms with Crippen LogP contribution in [0.15, 0.2) is 34.9 Å². The third-order valence-corrected chi connectivity index (χ3v) is 2.57. The van der Waals surface area contributed by atoms with E-state index in [-0.39, 0.29) is 11.4 Å². The van der Waals surface area contributed by atoms with Crippen molar-refractivity contribution in [3.63, 3.8) is 0 Å². The van der Waals surface area contributed by atoms with Crippen molar-refractivity contribution in [3.8, 4) is 0 Å². The van der Waals surface area contributed by atoms with Gasteiger partial charge in [0, 0.05) is 6.07 Å². The number of rotatable bonds is 4. The van der Waals surface area contributed by atoms with E-state index >= 15 is 0 Å². The van der Waals surface area contributed by atoms with Gasteiger partial charge in [0.1, 0.15) is 5.76 Å². The molecule has 0 unspecified atom stereocenters. The molecule has 1 heterocycles. The molecule has 1 aromatic carbocycles. The van der Waals surface area contributed by atoms with Gasteiger partial charge in [-0.25, -0.2) is 4.39 Å². The molecule has 18 heavy (non-hydrogen) atoms. The molecule has 0 saturated carbocycles. The average Bonchev–Trinajstić information content (AvgIpc) is 2.73. The number of halogens is 1. The molecule has 0 amide bonds. The summed E-state index contributed by atoms with van der Waals surface area (Å²) in [6.45, 7) is 2.21. The van der Waals surface area contributed by atoms with Crippen LogP contribution in [-0.2, 0) is 6.54 Å². The Morgan fingerprint density at radius 2 is 2.22 bits per heavy atom. The molecule has 0 radical (unpaired) electrons. The first kappa shape index (κ1) is 12.1. The molecule has 0 saturated heterocycles. The first-order chi connectivity index (χ1) is 8.58. The summed E-state index contributed by atoms with van der Waals surface area (Å²) < 4.78 is 18.7. The zero-order chi connectivity index (χ0) is 13.1. The van der Waals surface area contributed by atoms with Crippen molar-refractivity contribution >= 4 is 11.4 Å². The van der Waals surface area contributed by atoms with Crippen LogP contribution >= 0.6 is 0 Å². The maximum atomic E-state index is 13.5. The number of benzene rings is 1. The number of nitro benzene ring substituents is 1. The summed E-state index contributed by atoms with van der Waals surface area (Å²) in [7, 11) is 0. The lowest BCUT2D eigenvalue weighted by Crippen LogP contribution is -2.02. The fraction of sp³-hybridized carbons (Fsp3) is 0.167. The molecule has 0 fully saturated rings. The van der Waals surface area contributed by atoms with Gasteiger partial charge in [0.2, 0.25) is 0 Å². The van der Waals surface area contributed by atoms with Crippen molar-refractivity contribution < 1.29 is 13.7 Å². The third-order valence-electron chi connectivity index (χ3n) is 2.57. The van der Waals surface area contributed by atoms with Crippen LogP contribution in [0.4, 0.5) is 15.8 Å². The van der Waals surface area contributed by atoms with Crippen LogP contribution in [0.25, 0.3) is 0 Å². The van der Waals surface area contributed by atoms with Gasteiger partial charge in [0.25, 0.3) is 5.69 Å². The van der Waals surface area contributed by atoms with Gasteiger partial charge in [-0.3, -0.25) is 10.1 Å². The Bertz CT molecular complexity index is 580. The highest BCUT2D eigenvalue weighted by Crippen LogP contribution is 2.21. The molecule has 0 aliphatic rings. The molecule has 2 aromatic rings. The highest BCUT2D eigenvalue weighted by molar-refractivity contribution is 5.50. The zero-order valence-electron chi connectivity index (χ0n) is 9.64. The standard InChI is InChI=1S/C12H11FN2O3/c1-8-4-5-18-12(8)7-14-11-3-2-9(15(16)17)6-10(11)13/h2-6,14H,7H2,1H3. The van der Waals surface area contributed by atoms with Crippen LogP contribution in [0.3, 0.4) is 0 Å². The minimum absolute atomic E-state index is 0.205. The molecule has 0 spiro atoms. The average molecular weight is 250 g/mol. The Morgan fingerprint density at radius 3 is 2.78 bits per heavy atom. The van der Waals surface area contributed by atoms with Crippen molar-refractivity contribution in [3.05, 3.63) is 57.8 Å². The lowest BCUT2D eigenvalue weighted by molar-refractivity contribution is -0.385. The van der Waals surface area contributed by atoms with Crippen LogP contribution in [0.5, 0.6) is 0 Å². The summed E-state index contributed by atoms with van der Waals surface area (Å²) in [5.74, 6) is 0.0427. The Labute approximate surface area is 102 Å². The molecule has 1 aromatic heterocycles. The van der Waals surface area contributed by atoms with Gasteiger partial charge in [0.15, 0.2) is 5.82 Å². The first-order valence-electron chi connectivity index (χ1n) is 5.28. The number of nitro groups is 1. The van der Waals surface area contributed by atoms with E-state index in [9.17, 15) is 14.5 Å². The molecule has 94 valence electrons. The minimum atomic E-state index is -0.659. The molecule has 6 heteroatoms. The zero-order valence-corrected chi connectivity index (χ0v) is 9.64. The Balaban J connectivity index is 2.11. The van der Waals surface area contributed by atoms with Crippen molar-refractivity contribution in [2.75, 3.05) is 5.32 Å². The van der Waals surface area contributed by atoms with E-state index < -0.39 is 10.7 Å². The van der Waals surface area contributed by atoms with Gasteiger partial charge in [-0.05, 0) is 24.6 Å². The number of aryl methyl sites for hydroxylation is 1. The predicted octanol–water partition coefficient (Wildman–Crippen LogP) is 3.25. The Hall–Kier alpha value is -2.37. The molecule has 0 bridgehead atoms. The minimum Gasteiger partial charge on any atom is -0.467 e. The second-order valence-electron chi connectivity index (χ2n) is 3.80. The molecule has 1 N–H and O–H groups in total. The van der Waals surface area contributed by atoms with Crippen LogP contribution < -0.4 is 5.32 Å². The SMILES string of the molecule is Cc1ccoc1CNc1ccc([N+](=O)[O-])cc1F. The lowest BCUT2D eigenvalue weighted by atomic mass is 10.2. The number of furan rings is 1. The monoisotopic (exact) mass is 250 g/mol. The fourth-order valence-electron chi connectivity index (χ4n) is 1.52. The van der Waals surface area contributed by atoms with E-state index in [1.807, 2.05) is 13.0 Å². The van der Waals surface area contributed by atoms with E-state index in [0.717, 1.165) is 11.6 Å². The smallest absolute Gasteiger partial charge is 0.272 e. The van der Waals surface area contributed by atoms with Crippen molar-refractivity contribution in [2.24, 2.45) is 0 Å². The van der Waals surface area contributed by atoms with Crippen LogP contribution in [0, 0.1) is 22.9 Å². The van der Waals surface area contributed by atoms with Crippen molar-refractivity contribution in [1.29, 1.82) is 0 Å². The molecule has 2 rings (SSSR count). The van der Waals surface area contributed by atoms with Gasteiger partial charge in [0.05, 0.1) is 29.5 Å². The molecule has 0 aliphatic carbocycles. The maximum Gasteiger partial charge on any atom is 0.272 e. The largest absolute Gasteiger partial charge is 0.467 e. The summed E-state index contributed by atoms with van der Waals surface area (Å²) in [5, 5.41) is 13.3. The summed E-state index contributed by atoms with van der Waals surface area (Å²) in [6, 6.07) is 5.28. The van der Waals surface area contributed by atoms with Crippen LogP contribution in [0.1, 0.15) is 11.3 Å². The van der Waals surface area contributed by atoms with Gasteiger partial charge in [-0.15, -0.1) is 0 Å². The summed E-state index contributed by atoms with van der Waals surface area (Å²) in [4.78, 5) is 9.82. The normalized spacial score (nSPS) is 10.3. The van der Waals surface area contributed by atoms with E-state index in [1.165, 1.54) is 12.1 Å². The highest BCUT2D eigenvalue weighted by atomic mass is 19.1. The molecule has 0 aliphatic heterocycles. The van der Waals surface area contributed by atoms with Crippen molar-refractivity contribution in [1.82, 2.24) is 0 Å². The van der Waals surface area contributed by atoms with E-state index in [0.29, 0.717) is 12.3 Å². The van der Waals surface area contributed by atoms with Gasteiger partial charge in [-0.2, -0.15) is 0 Å². The molecular formula is C12H11FN2O3. The quantitative estimate of drug-likeness (QED) is 0.668. The van der Waals surface area contributed by atoms with Gasteiger partial charge >= 0.3 is 0 Å². The van der Waals surface area contributed by atoms with Gasteiger partial charge < -0.3 is 9.73 Å². The second-order valence-corrected chi connectivity index (χ2v) is 3.80. The first-order valence-corrected chi connectivity index (χ1v) is 5.28. The lowest BCUT2D eigenvalue weighted by Gasteiger charge is -2.06. The number of nitrogens with zero attached hydrogens (tertiary/aromatic N) is 1. The maximum absolute atomic E-state index is 13.5. The van der Waals surface area contributed by atoms with Crippen LogP contribution in [0.2, 0.25) is 0 Å². The summed E-state index contributed by atoms with van der Waals surface area (Å²) in [6.07, 6.45) is 1.55. The predicted molar refractivity (Wildman–Crippen MR) is 63.8 cm³/mol.